The maximum absolute atomic E-state index is 3.75. The molecule has 1 heterocycles. The maximum Gasteiger partial charge on any atom is 0.0246 e. The van der Waals surface area contributed by atoms with E-state index in [1.54, 1.807) is 0 Å². The van der Waals surface area contributed by atoms with Gasteiger partial charge in [0.25, 0.3) is 0 Å². The molecule has 1 heteroatoms. The molecule has 3 rings (SSSR count). The molecular formula is C19H23N. The predicted octanol–water partition coefficient (Wildman–Crippen LogP) is 4.21. The normalized spacial score (nSPS) is 22.3. The van der Waals surface area contributed by atoms with Gasteiger partial charge < -0.3 is 5.32 Å². The second kappa shape index (κ2) is 6.23. The highest BCUT2D eigenvalue weighted by Crippen LogP contribution is 2.35. The summed E-state index contributed by atoms with van der Waals surface area (Å²) >= 11 is 0. The topological polar surface area (TPSA) is 12.0 Å². The van der Waals surface area contributed by atoms with E-state index >= 15 is 0 Å². The molecule has 1 aliphatic heterocycles. The van der Waals surface area contributed by atoms with E-state index in [1.807, 2.05) is 0 Å². The Balaban J connectivity index is 2.00. The summed E-state index contributed by atoms with van der Waals surface area (Å²) in [6.07, 6.45) is 2.56. The molecule has 0 spiro atoms. The number of rotatable bonds is 4. The zero-order valence-corrected chi connectivity index (χ0v) is 12.1. The number of nitrogens with one attached hydrogen (secondary N) is 1. The average molecular weight is 265 g/mol. The smallest absolute Gasteiger partial charge is 0.0246 e. The second-order valence-electron chi connectivity index (χ2n) is 5.74. The summed E-state index contributed by atoms with van der Waals surface area (Å²) in [6.45, 7) is 3.47. The molecule has 2 unspecified atom stereocenters. The van der Waals surface area contributed by atoms with Crippen LogP contribution in [0, 0.1) is 5.92 Å². The molecule has 2 aromatic carbocycles. The van der Waals surface area contributed by atoms with Crippen molar-refractivity contribution in [2.75, 3.05) is 6.54 Å². The van der Waals surface area contributed by atoms with Gasteiger partial charge >= 0.3 is 0 Å². The van der Waals surface area contributed by atoms with Gasteiger partial charge in [0.15, 0.2) is 0 Å². The van der Waals surface area contributed by atoms with Gasteiger partial charge in [-0.1, -0.05) is 74.0 Å². The van der Waals surface area contributed by atoms with Crippen LogP contribution in [0.25, 0.3) is 0 Å². The van der Waals surface area contributed by atoms with Crippen molar-refractivity contribution in [3.05, 3.63) is 71.8 Å². The van der Waals surface area contributed by atoms with Gasteiger partial charge in [0.05, 0.1) is 0 Å². The largest absolute Gasteiger partial charge is 0.313 e. The molecule has 0 bridgehead atoms. The molecule has 0 aliphatic carbocycles. The maximum atomic E-state index is 3.75. The lowest BCUT2D eigenvalue weighted by molar-refractivity contribution is 0.400. The van der Waals surface area contributed by atoms with Crippen molar-refractivity contribution in [3.8, 4) is 0 Å². The van der Waals surface area contributed by atoms with Crippen LogP contribution in [0.3, 0.4) is 0 Å². The lowest BCUT2D eigenvalue weighted by Gasteiger charge is -2.29. The number of hydrogen-bond donors (Lipinski definition) is 1. The van der Waals surface area contributed by atoms with Crippen molar-refractivity contribution >= 4 is 0 Å². The quantitative estimate of drug-likeness (QED) is 0.873. The van der Waals surface area contributed by atoms with E-state index in [2.05, 4.69) is 72.9 Å². The Kier molecular flexibility index (Phi) is 4.17. The van der Waals surface area contributed by atoms with Crippen LogP contribution in [0.5, 0.6) is 0 Å². The average Bonchev–Trinajstić information content (AvgIpc) is 2.98. The van der Waals surface area contributed by atoms with Crippen molar-refractivity contribution in [2.24, 2.45) is 5.92 Å². The molecule has 0 aromatic heterocycles. The van der Waals surface area contributed by atoms with Crippen LogP contribution >= 0.6 is 0 Å². The highest BCUT2D eigenvalue weighted by atomic mass is 15.0. The fourth-order valence-electron chi connectivity index (χ4n) is 3.56. The molecule has 1 saturated heterocycles. The molecule has 20 heavy (non-hydrogen) atoms. The van der Waals surface area contributed by atoms with Crippen molar-refractivity contribution in [3.63, 3.8) is 0 Å². The van der Waals surface area contributed by atoms with E-state index in [4.69, 9.17) is 0 Å². The Bertz CT molecular complexity index is 480. The minimum Gasteiger partial charge on any atom is -0.313 e. The Labute approximate surface area is 122 Å². The lowest BCUT2D eigenvalue weighted by Crippen LogP contribution is -2.34. The fourth-order valence-corrected chi connectivity index (χ4v) is 3.56. The van der Waals surface area contributed by atoms with Gasteiger partial charge in [0.2, 0.25) is 0 Å². The van der Waals surface area contributed by atoms with Crippen LogP contribution in [0.2, 0.25) is 0 Å². The molecule has 0 radical (unpaired) electrons. The van der Waals surface area contributed by atoms with Gasteiger partial charge in [-0.25, -0.2) is 0 Å². The van der Waals surface area contributed by atoms with Crippen LogP contribution in [0.4, 0.5) is 0 Å². The molecule has 1 nitrogen and oxygen atoms in total. The van der Waals surface area contributed by atoms with Gasteiger partial charge in [-0.05, 0) is 30.0 Å². The van der Waals surface area contributed by atoms with Crippen LogP contribution in [0.15, 0.2) is 60.7 Å². The lowest BCUT2D eigenvalue weighted by atomic mass is 9.79. The molecule has 0 amide bonds. The summed E-state index contributed by atoms with van der Waals surface area (Å²) in [5, 5.41) is 3.75. The second-order valence-corrected chi connectivity index (χ2v) is 5.74. The molecule has 2 atom stereocenters. The van der Waals surface area contributed by atoms with Crippen molar-refractivity contribution in [2.45, 2.75) is 31.7 Å². The SMILES string of the molecule is CCC1CCNC1C(c1ccccc1)c1ccccc1. The first-order valence-electron chi connectivity index (χ1n) is 7.73. The van der Waals surface area contributed by atoms with E-state index < -0.39 is 0 Å². The van der Waals surface area contributed by atoms with Crippen LogP contribution < -0.4 is 5.32 Å². The molecule has 104 valence electrons. The Morgan fingerprint density at radius 1 is 0.950 bits per heavy atom. The van der Waals surface area contributed by atoms with Crippen molar-refractivity contribution in [1.82, 2.24) is 5.32 Å². The van der Waals surface area contributed by atoms with Gasteiger partial charge in [-0.2, -0.15) is 0 Å². The summed E-state index contributed by atoms with van der Waals surface area (Å²) in [5.41, 5.74) is 2.85. The summed E-state index contributed by atoms with van der Waals surface area (Å²) < 4.78 is 0. The standard InChI is InChI=1S/C19H23N/c1-2-15-13-14-20-19(15)18(16-9-5-3-6-10-16)17-11-7-4-8-12-17/h3-12,15,18-20H,2,13-14H2,1H3. The van der Waals surface area contributed by atoms with E-state index in [0.717, 1.165) is 12.5 Å². The third kappa shape index (κ3) is 2.64. The summed E-state index contributed by atoms with van der Waals surface area (Å²) in [4.78, 5) is 0. The van der Waals surface area contributed by atoms with Crippen molar-refractivity contribution in [1.29, 1.82) is 0 Å². The van der Waals surface area contributed by atoms with E-state index in [9.17, 15) is 0 Å². The molecule has 1 fully saturated rings. The highest BCUT2D eigenvalue weighted by molar-refractivity contribution is 5.35. The Morgan fingerprint density at radius 3 is 2.00 bits per heavy atom. The van der Waals surface area contributed by atoms with Crippen molar-refractivity contribution < 1.29 is 0 Å². The summed E-state index contributed by atoms with van der Waals surface area (Å²) in [5.74, 6) is 1.24. The van der Waals surface area contributed by atoms with Crippen LogP contribution in [-0.2, 0) is 0 Å². The first-order chi connectivity index (χ1) is 9.90. The zero-order chi connectivity index (χ0) is 13.8. The van der Waals surface area contributed by atoms with Gasteiger partial charge in [0.1, 0.15) is 0 Å². The van der Waals surface area contributed by atoms with Gasteiger partial charge in [0, 0.05) is 12.0 Å². The first kappa shape index (κ1) is 13.4. The molecule has 1 aliphatic rings. The van der Waals surface area contributed by atoms with Gasteiger partial charge in [-0.3, -0.25) is 0 Å². The fraction of sp³-hybridized carbons (Fsp3) is 0.368. The molecule has 2 aromatic rings. The van der Waals surface area contributed by atoms with Crippen LogP contribution in [0.1, 0.15) is 36.8 Å². The molecule has 1 N–H and O–H groups in total. The van der Waals surface area contributed by atoms with E-state index in [-0.39, 0.29) is 0 Å². The third-order valence-electron chi connectivity index (χ3n) is 4.60. The third-order valence-corrected chi connectivity index (χ3v) is 4.60. The Morgan fingerprint density at radius 2 is 1.50 bits per heavy atom. The van der Waals surface area contributed by atoms with E-state index in [0.29, 0.717) is 12.0 Å². The summed E-state index contributed by atoms with van der Waals surface area (Å²) in [7, 11) is 0. The monoisotopic (exact) mass is 265 g/mol. The molecule has 0 saturated carbocycles. The predicted molar refractivity (Wildman–Crippen MR) is 84.9 cm³/mol. The zero-order valence-electron chi connectivity index (χ0n) is 12.1. The minimum absolute atomic E-state index is 0.463. The van der Waals surface area contributed by atoms with Gasteiger partial charge in [-0.15, -0.1) is 0 Å². The number of hydrogen-bond acceptors (Lipinski definition) is 1. The highest BCUT2D eigenvalue weighted by Gasteiger charge is 2.33. The van der Waals surface area contributed by atoms with E-state index in [1.165, 1.54) is 24.0 Å². The Hall–Kier alpha value is -1.60. The number of benzene rings is 2. The van der Waals surface area contributed by atoms with Crippen LogP contribution in [-0.4, -0.2) is 12.6 Å². The summed E-state index contributed by atoms with van der Waals surface area (Å²) in [6, 6.07) is 22.5. The molecular weight excluding hydrogens is 242 g/mol. The first-order valence-corrected chi connectivity index (χ1v) is 7.73. The minimum atomic E-state index is 0.463.